The summed E-state index contributed by atoms with van der Waals surface area (Å²) in [5.74, 6) is 0. The van der Waals surface area contributed by atoms with Gasteiger partial charge in [-0.05, 0) is 49.5 Å². The molecule has 0 radical (unpaired) electrons. The molecule has 1 fully saturated rings. The zero-order valence-electron chi connectivity index (χ0n) is 13.8. The van der Waals surface area contributed by atoms with E-state index in [-0.39, 0.29) is 0 Å². The molecule has 2 heterocycles. The Kier molecular flexibility index (Phi) is 4.81. The van der Waals surface area contributed by atoms with Crippen molar-refractivity contribution in [2.24, 2.45) is 4.99 Å². The molecule has 0 aromatic carbocycles. The summed E-state index contributed by atoms with van der Waals surface area (Å²) in [6, 6.07) is 4.76. The van der Waals surface area contributed by atoms with Gasteiger partial charge in [-0.3, -0.25) is 0 Å². The average Bonchev–Trinajstić information content (AvgIpc) is 3.07. The van der Waals surface area contributed by atoms with Gasteiger partial charge in [0, 0.05) is 18.4 Å². The Morgan fingerprint density at radius 2 is 2.05 bits per heavy atom. The van der Waals surface area contributed by atoms with E-state index in [9.17, 15) is 0 Å². The second-order valence-corrected chi connectivity index (χ2v) is 6.39. The van der Waals surface area contributed by atoms with E-state index in [1.54, 1.807) is 0 Å². The predicted octanol–water partition coefficient (Wildman–Crippen LogP) is 4.70. The highest BCUT2D eigenvalue weighted by atomic mass is 14.9. The average molecular weight is 297 g/mol. The van der Waals surface area contributed by atoms with E-state index < -0.39 is 0 Å². The number of hydrogen-bond donors (Lipinski definition) is 2. The molecule has 3 rings (SSSR count). The van der Waals surface area contributed by atoms with Gasteiger partial charge >= 0.3 is 0 Å². The van der Waals surface area contributed by atoms with E-state index in [0.29, 0.717) is 6.04 Å². The predicted molar refractivity (Wildman–Crippen MR) is 93.0 cm³/mol. The van der Waals surface area contributed by atoms with Gasteiger partial charge in [-0.15, -0.1) is 0 Å². The molecule has 0 atom stereocenters. The van der Waals surface area contributed by atoms with E-state index >= 15 is 0 Å². The van der Waals surface area contributed by atoms with Crippen molar-refractivity contribution in [3.63, 3.8) is 0 Å². The van der Waals surface area contributed by atoms with Crippen LogP contribution in [0.2, 0.25) is 0 Å². The van der Waals surface area contributed by atoms with Crippen molar-refractivity contribution < 1.29 is 0 Å². The quantitative estimate of drug-likeness (QED) is 0.777. The molecule has 1 aliphatic carbocycles. The molecule has 0 bridgehead atoms. The first-order chi connectivity index (χ1) is 10.8. The summed E-state index contributed by atoms with van der Waals surface area (Å²) in [6.45, 7) is 4.40. The van der Waals surface area contributed by atoms with Crippen LogP contribution in [0.4, 0.5) is 0 Å². The van der Waals surface area contributed by atoms with Crippen LogP contribution in [0.25, 0.3) is 0 Å². The molecular weight excluding hydrogens is 270 g/mol. The molecule has 1 saturated carbocycles. The summed E-state index contributed by atoms with van der Waals surface area (Å²) in [5, 5.41) is 3.63. The Labute approximate surface area is 133 Å². The third kappa shape index (κ3) is 3.18. The summed E-state index contributed by atoms with van der Waals surface area (Å²) < 4.78 is 0. The van der Waals surface area contributed by atoms with Crippen molar-refractivity contribution in [2.45, 2.75) is 64.8 Å². The summed E-state index contributed by atoms with van der Waals surface area (Å²) in [5.41, 5.74) is 6.00. The standard InChI is InChI=1S/C19H27N3/c1-3-16-14(2)18(22-19(16)17-11-8-12-20-17)13-21-15-9-6-4-5-7-10-15/h8,11-13,15,20-21H,3-7,9-10H2,1-2H3/b18-13+. The maximum atomic E-state index is 4.88. The molecule has 118 valence electrons. The van der Waals surface area contributed by atoms with Gasteiger partial charge < -0.3 is 10.3 Å². The van der Waals surface area contributed by atoms with Crippen LogP contribution in [0, 0.1) is 0 Å². The van der Waals surface area contributed by atoms with Crippen LogP contribution in [0.15, 0.2) is 46.4 Å². The number of allylic oxidation sites excluding steroid dienone is 2. The van der Waals surface area contributed by atoms with Crippen molar-refractivity contribution in [1.82, 2.24) is 10.3 Å². The molecule has 2 aliphatic rings. The first-order valence-electron chi connectivity index (χ1n) is 8.68. The van der Waals surface area contributed by atoms with Gasteiger partial charge in [0.1, 0.15) is 0 Å². The normalized spacial score (nSPS) is 22.1. The Morgan fingerprint density at radius 3 is 2.68 bits per heavy atom. The number of aliphatic imine (C=N–C) groups is 1. The molecule has 1 aromatic heterocycles. The minimum Gasteiger partial charge on any atom is -0.386 e. The monoisotopic (exact) mass is 297 g/mol. The van der Waals surface area contributed by atoms with Crippen molar-refractivity contribution in [1.29, 1.82) is 0 Å². The number of nitrogens with zero attached hydrogens (tertiary/aromatic N) is 1. The Balaban J connectivity index is 1.78. The van der Waals surface area contributed by atoms with Gasteiger partial charge in [-0.2, -0.15) is 0 Å². The first kappa shape index (κ1) is 15.1. The van der Waals surface area contributed by atoms with Crippen LogP contribution in [0.1, 0.15) is 64.5 Å². The molecule has 0 amide bonds. The minimum atomic E-state index is 0.623. The number of H-pyrrole nitrogens is 1. The highest BCUT2D eigenvalue weighted by molar-refractivity contribution is 6.14. The van der Waals surface area contributed by atoms with Crippen molar-refractivity contribution in [3.05, 3.63) is 47.1 Å². The molecule has 0 spiro atoms. The van der Waals surface area contributed by atoms with Gasteiger partial charge in [0.2, 0.25) is 0 Å². The van der Waals surface area contributed by atoms with E-state index in [0.717, 1.165) is 23.5 Å². The lowest BCUT2D eigenvalue weighted by Crippen LogP contribution is -2.23. The van der Waals surface area contributed by atoms with Crippen LogP contribution in [-0.2, 0) is 0 Å². The second-order valence-electron chi connectivity index (χ2n) is 6.39. The fourth-order valence-corrected chi connectivity index (χ4v) is 3.52. The zero-order valence-corrected chi connectivity index (χ0v) is 13.8. The van der Waals surface area contributed by atoms with Gasteiger partial charge in [0.15, 0.2) is 0 Å². The van der Waals surface area contributed by atoms with Gasteiger partial charge in [0.25, 0.3) is 0 Å². The van der Waals surface area contributed by atoms with Crippen LogP contribution in [0.5, 0.6) is 0 Å². The lowest BCUT2D eigenvalue weighted by Gasteiger charge is -2.14. The summed E-state index contributed by atoms with van der Waals surface area (Å²) in [4.78, 5) is 8.17. The molecule has 1 aromatic rings. The third-order valence-corrected chi connectivity index (χ3v) is 4.87. The van der Waals surface area contributed by atoms with E-state index in [4.69, 9.17) is 4.99 Å². The van der Waals surface area contributed by atoms with Crippen LogP contribution in [-0.4, -0.2) is 16.7 Å². The number of aromatic amines is 1. The van der Waals surface area contributed by atoms with E-state index in [1.807, 2.05) is 12.3 Å². The topological polar surface area (TPSA) is 40.2 Å². The second kappa shape index (κ2) is 6.99. The van der Waals surface area contributed by atoms with Gasteiger partial charge in [-0.1, -0.05) is 32.6 Å². The molecule has 1 aliphatic heterocycles. The largest absolute Gasteiger partial charge is 0.386 e. The van der Waals surface area contributed by atoms with Gasteiger partial charge in [0.05, 0.1) is 17.1 Å². The molecule has 0 unspecified atom stereocenters. The molecule has 2 N–H and O–H groups in total. The lowest BCUT2D eigenvalue weighted by molar-refractivity contribution is 0.515. The Morgan fingerprint density at radius 1 is 1.27 bits per heavy atom. The number of nitrogens with one attached hydrogen (secondary N) is 2. The maximum absolute atomic E-state index is 4.88. The number of aromatic nitrogens is 1. The van der Waals surface area contributed by atoms with Crippen LogP contribution in [0.3, 0.4) is 0 Å². The highest BCUT2D eigenvalue weighted by Gasteiger charge is 2.21. The fourth-order valence-electron chi connectivity index (χ4n) is 3.52. The maximum Gasteiger partial charge on any atom is 0.0907 e. The van der Waals surface area contributed by atoms with Gasteiger partial charge in [-0.25, -0.2) is 4.99 Å². The number of hydrogen-bond acceptors (Lipinski definition) is 2. The summed E-state index contributed by atoms with van der Waals surface area (Å²) in [6.07, 6.45) is 13.2. The summed E-state index contributed by atoms with van der Waals surface area (Å²) in [7, 11) is 0. The number of rotatable bonds is 4. The Bertz CT molecular complexity index is 582. The van der Waals surface area contributed by atoms with Crippen LogP contribution >= 0.6 is 0 Å². The molecular formula is C19H27N3. The van der Waals surface area contributed by atoms with E-state index in [2.05, 4.69) is 36.4 Å². The lowest BCUT2D eigenvalue weighted by atomic mass is 10.0. The molecule has 3 heteroatoms. The highest BCUT2D eigenvalue weighted by Crippen LogP contribution is 2.29. The van der Waals surface area contributed by atoms with Crippen LogP contribution < -0.4 is 5.32 Å². The fraction of sp³-hybridized carbons (Fsp3) is 0.526. The SMILES string of the molecule is CCC1=C(C)/C(=C\NC2CCCCCC2)N=C1c1ccc[nH]1. The zero-order chi connectivity index (χ0) is 15.4. The van der Waals surface area contributed by atoms with Crippen molar-refractivity contribution in [2.75, 3.05) is 0 Å². The van der Waals surface area contributed by atoms with Crippen molar-refractivity contribution >= 4 is 5.71 Å². The molecule has 0 saturated heterocycles. The Hall–Kier alpha value is -1.77. The minimum absolute atomic E-state index is 0.623. The van der Waals surface area contributed by atoms with Crippen molar-refractivity contribution in [3.8, 4) is 0 Å². The third-order valence-electron chi connectivity index (χ3n) is 4.87. The first-order valence-corrected chi connectivity index (χ1v) is 8.68. The molecule has 22 heavy (non-hydrogen) atoms. The van der Waals surface area contributed by atoms with E-state index in [1.165, 1.54) is 49.7 Å². The molecule has 3 nitrogen and oxygen atoms in total. The smallest absolute Gasteiger partial charge is 0.0907 e. The summed E-state index contributed by atoms with van der Waals surface area (Å²) >= 11 is 0.